The minimum atomic E-state index is -0.313. The lowest BCUT2D eigenvalue weighted by Crippen LogP contribution is -2.19. The van der Waals surface area contributed by atoms with Crippen LogP contribution in [0.1, 0.15) is 30.4 Å². The smallest absolute Gasteiger partial charge is 0.179 e. The number of ketones is 1. The van der Waals surface area contributed by atoms with Crippen LogP contribution in [0.15, 0.2) is 14.3 Å². The van der Waals surface area contributed by atoms with E-state index in [0.29, 0.717) is 0 Å². The molecule has 0 radical (unpaired) electrons. The maximum Gasteiger partial charge on any atom is 0.179 e. The average Bonchev–Trinajstić information content (AvgIpc) is 2.26. The summed E-state index contributed by atoms with van der Waals surface area (Å²) in [4.78, 5) is 12.7. The third-order valence-corrected chi connectivity index (χ3v) is 4.07. The number of hydrogen-bond donors (Lipinski definition) is 0. The zero-order chi connectivity index (χ0) is 10.2. The van der Waals surface area contributed by atoms with Crippen LogP contribution in [0.2, 0.25) is 0 Å². The number of thiophene rings is 1. The lowest BCUT2D eigenvalue weighted by atomic mass is 9.90. The molecule has 0 aliphatic rings. The first kappa shape index (κ1) is 11.4. The molecule has 1 rings (SSSR count). The van der Waals surface area contributed by atoms with E-state index in [2.05, 4.69) is 31.9 Å². The van der Waals surface area contributed by atoms with Gasteiger partial charge in [-0.05, 0) is 37.9 Å². The molecule has 0 aliphatic carbocycles. The van der Waals surface area contributed by atoms with Gasteiger partial charge >= 0.3 is 0 Å². The van der Waals surface area contributed by atoms with Crippen LogP contribution in [0, 0.1) is 5.41 Å². The van der Waals surface area contributed by atoms with E-state index < -0.39 is 0 Å². The van der Waals surface area contributed by atoms with Crippen molar-refractivity contribution in [2.24, 2.45) is 5.41 Å². The highest BCUT2D eigenvalue weighted by Crippen LogP contribution is 2.35. The first-order valence-electron chi connectivity index (χ1n) is 3.82. The Bertz CT molecular complexity index is 336. The van der Waals surface area contributed by atoms with E-state index in [1.54, 1.807) is 0 Å². The number of Topliss-reactive ketones (excluding diaryl/α,β-unsaturated/α-hetero) is 1. The van der Waals surface area contributed by atoms with Crippen LogP contribution in [0.4, 0.5) is 0 Å². The first-order valence-corrected chi connectivity index (χ1v) is 6.22. The Kier molecular flexibility index (Phi) is 3.36. The van der Waals surface area contributed by atoms with Gasteiger partial charge in [0.15, 0.2) is 5.78 Å². The van der Waals surface area contributed by atoms with Crippen molar-refractivity contribution in [3.8, 4) is 0 Å². The second-order valence-electron chi connectivity index (χ2n) is 3.81. The minimum absolute atomic E-state index is 0.176. The van der Waals surface area contributed by atoms with E-state index in [-0.39, 0.29) is 11.2 Å². The van der Waals surface area contributed by atoms with E-state index in [9.17, 15) is 4.79 Å². The molecule has 0 saturated carbocycles. The van der Waals surface area contributed by atoms with Crippen LogP contribution < -0.4 is 0 Å². The summed E-state index contributed by atoms with van der Waals surface area (Å²) in [5, 5.41) is 0. The second kappa shape index (κ2) is 3.83. The van der Waals surface area contributed by atoms with Gasteiger partial charge in [-0.25, -0.2) is 0 Å². The molecule has 0 saturated heterocycles. The van der Waals surface area contributed by atoms with Gasteiger partial charge in [0.25, 0.3) is 0 Å². The maximum atomic E-state index is 11.9. The molecule has 0 aromatic carbocycles. The Balaban J connectivity index is 3.09. The predicted molar refractivity (Wildman–Crippen MR) is 63.5 cm³/mol. The highest BCUT2D eigenvalue weighted by molar-refractivity contribution is 9.11. The van der Waals surface area contributed by atoms with Crippen molar-refractivity contribution in [1.82, 2.24) is 0 Å². The fourth-order valence-corrected chi connectivity index (χ4v) is 3.59. The van der Waals surface area contributed by atoms with Crippen LogP contribution in [0.5, 0.6) is 0 Å². The van der Waals surface area contributed by atoms with E-state index in [1.807, 2.05) is 26.8 Å². The SMILES string of the molecule is CC(C)(C)C(=O)c1sc(Br)cc1Br. The molecular weight excluding hydrogens is 316 g/mol. The zero-order valence-corrected chi connectivity index (χ0v) is 11.6. The van der Waals surface area contributed by atoms with Crippen LogP contribution in [-0.4, -0.2) is 5.78 Å². The van der Waals surface area contributed by atoms with Crippen LogP contribution in [-0.2, 0) is 0 Å². The summed E-state index contributed by atoms with van der Waals surface area (Å²) >= 11 is 8.19. The number of carbonyl (C=O) groups excluding carboxylic acids is 1. The van der Waals surface area contributed by atoms with Crippen molar-refractivity contribution >= 4 is 49.0 Å². The Morgan fingerprint density at radius 2 is 1.92 bits per heavy atom. The Morgan fingerprint density at radius 1 is 1.38 bits per heavy atom. The van der Waals surface area contributed by atoms with Crippen LogP contribution >= 0.6 is 43.2 Å². The summed E-state index contributed by atoms with van der Waals surface area (Å²) < 4.78 is 1.86. The molecule has 4 heteroatoms. The first-order chi connectivity index (χ1) is 5.82. The van der Waals surface area contributed by atoms with Gasteiger partial charge in [0.05, 0.1) is 8.66 Å². The van der Waals surface area contributed by atoms with Gasteiger partial charge in [0.2, 0.25) is 0 Å². The van der Waals surface area contributed by atoms with E-state index in [4.69, 9.17) is 0 Å². The fourth-order valence-electron chi connectivity index (χ4n) is 0.836. The molecule has 0 bridgehead atoms. The molecular formula is C9H10Br2OS. The molecule has 72 valence electrons. The van der Waals surface area contributed by atoms with E-state index in [1.165, 1.54) is 11.3 Å². The van der Waals surface area contributed by atoms with Gasteiger partial charge in [-0.15, -0.1) is 11.3 Å². The van der Waals surface area contributed by atoms with Gasteiger partial charge in [-0.3, -0.25) is 4.79 Å². The van der Waals surface area contributed by atoms with E-state index in [0.717, 1.165) is 13.1 Å². The Hall–Kier alpha value is 0.330. The van der Waals surface area contributed by atoms with E-state index >= 15 is 0 Å². The van der Waals surface area contributed by atoms with Crippen molar-refractivity contribution < 1.29 is 4.79 Å². The Labute approximate surface area is 98.8 Å². The quantitative estimate of drug-likeness (QED) is 0.695. The maximum absolute atomic E-state index is 11.9. The summed E-state index contributed by atoms with van der Waals surface area (Å²) in [6, 6.07) is 1.91. The number of hydrogen-bond acceptors (Lipinski definition) is 2. The summed E-state index contributed by atoms with van der Waals surface area (Å²) in [5.74, 6) is 0.176. The molecule has 1 aromatic heterocycles. The molecule has 13 heavy (non-hydrogen) atoms. The van der Waals surface area contributed by atoms with Crippen molar-refractivity contribution in [1.29, 1.82) is 0 Å². The minimum Gasteiger partial charge on any atom is -0.293 e. The lowest BCUT2D eigenvalue weighted by molar-refractivity contribution is 0.0862. The highest BCUT2D eigenvalue weighted by atomic mass is 79.9. The topological polar surface area (TPSA) is 17.1 Å². The van der Waals surface area contributed by atoms with Crippen molar-refractivity contribution in [2.75, 3.05) is 0 Å². The molecule has 0 aliphatic heterocycles. The van der Waals surface area contributed by atoms with Gasteiger partial charge in [-0.1, -0.05) is 20.8 Å². The molecule has 0 spiro atoms. The van der Waals surface area contributed by atoms with Gasteiger partial charge in [0, 0.05) is 9.89 Å². The van der Waals surface area contributed by atoms with Crippen LogP contribution in [0.25, 0.3) is 0 Å². The second-order valence-corrected chi connectivity index (χ2v) is 7.09. The molecule has 0 amide bonds. The predicted octanol–water partition coefficient (Wildman–Crippen LogP) is 4.50. The van der Waals surface area contributed by atoms with Crippen molar-refractivity contribution in [3.05, 3.63) is 19.2 Å². The number of rotatable bonds is 1. The zero-order valence-electron chi connectivity index (χ0n) is 7.65. The van der Waals surface area contributed by atoms with Gasteiger partial charge in [0.1, 0.15) is 0 Å². The highest BCUT2D eigenvalue weighted by Gasteiger charge is 2.26. The summed E-state index contributed by atoms with van der Waals surface area (Å²) in [5.41, 5.74) is -0.313. The summed E-state index contributed by atoms with van der Waals surface area (Å²) in [7, 11) is 0. The number of halogens is 2. The molecule has 0 atom stereocenters. The average molecular weight is 326 g/mol. The van der Waals surface area contributed by atoms with Crippen molar-refractivity contribution in [2.45, 2.75) is 20.8 Å². The van der Waals surface area contributed by atoms with Gasteiger partial charge < -0.3 is 0 Å². The largest absolute Gasteiger partial charge is 0.293 e. The standard InChI is InChI=1S/C9H10Br2OS/c1-9(2,3)8(12)7-5(10)4-6(11)13-7/h4H,1-3H3. The molecule has 0 N–H and O–H groups in total. The summed E-state index contributed by atoms with van der Waals surface area (Å²) in [6.07, 6.45) is 0. The molecule has 1 nitrogen and oxygen atoms in total. The Morgan fingerprint density at radius 3 is 2.23 bits per heavy atom. The monoisotopic (exact) mass is 324 g/mol. The third kappa shape index (κ3) is 2.64. The molecule has 0 fully saturated rings. The number of carbonyl (C=O) groups is 1. The summed E-state index contributed by atoms with van der Waals surface area (Å²) in [6.45, 7) is 5.78. The molecule has 0 unspecified atom stereocenters. The third-order valence-electron chi connectivity index (χ3n) is 1.54. The van der Waals surface area contributed by atoms with Crippen LogP contribution in [0.3, 0.4) is 0 Å². The van der Waals surface area contributed by atoms with Crippen molar-refractivity contribution in [3.63, 3.8) is 0 Å². The molecule has 1 aromatic rings. The van der Waals surface area contributed by atoms with Gasteiger partial charge in [-0.2, -0.15) is 0 Å². The normalized spacial score (nSPS) is 11.8. The molecule has 1 heterocycles. The fraction of sp³-hybridized carbons (Fsp3) is 0.444. The lowest BCUT2D eigenvalue weighted by Gasteiger charge is -2.15.